The molecule has 4 heteroatoms. The van der Waals surface area contributed by atoms with Gasteiger partial charge in [0.15, 0.2) is 8.32 Å². The van der Waals surface area contributed by atoms with E-state index in [1.165, 1.54) is 62.5 Å². The maximum Gasteiger partial charge on any atom is 0.192 e. The number of hydrogen-bond donors (Lipinski definition) is 0. The fourth-order valence-corrected chi connectivity index (χ4v) is 10.1. The molecule has 0 amide bonds. The third kappa shape index (κ3) is 3.97. The first-order valence-electron chi connectivity index (χ1n) is 13.6. The lowest BCUT2D eigenvalue weighted by atomic mass is 9.49. The Kier molecular flexibility index (Phi) is 5.76. The molecule has 7 atom stereocenters. The van der Waals surface area contributed by atoms with Gasteiger partial charge >= 0.3 is 0 Å². The van der Waals surface area contributed by atoms with Gasteiger partial charge in [-0.3, -0.25) is 0 Å². The molecule has 3 saturated carbocycles. The molecule has 0 bridgehead atoms. The summed E-state index contributed by atoms with van der Waals surface area (Å²) in [7, 11) is -1.74. The van der Waals surface area contributed by atoms with Gasteiger partial charge in [0, 0.05) is 18.0 Å². The van der Waals surface area contributed by atoms with E-state index in [9.17, 15) is 0 Å². The molecule has 3 fully saturated rings. The molecule has 0 N–H and O–H groups in total. The summed E-state index contributed by atoms with van der Waals surface area (Å²) < 4.78 is 7.08. The maximum absolute atomic E-state index is 7.08. The van der Waals surface area contributed by atoms with Crippen molar-refractivity contribution in [1.29, 1.82) is 0 Å². The van der Waals surface area contributed by atoms with Crippen molar-refractivity contribution >= 4 is 13.9 Å². The molecule has 1 aromatic rings. The summed E-state index contributed by atoms with van der Waals surface area (Å²) in [5, 5.41) is 0.287. The van der Waals surface area contributed by atoms with Crippen LogP contribution < -0.4 is 0 Å². The van der Waals surface area contributed by atoms with Crippen LogP contribution in [-0.2, 0) is 4.43 Å². The Morgan fingerprint density at radius 3 is 2.33 bits per heavy atom. The summed E-state index contributed by atoms with van der Waals surface area (Å²) in [4.78, 5) is 8.65. The lowest BCUT2D eigenvalue weighted by Gasteiger charge is -2.58. The highest BCUT2D eigenvalue weighted by molar-refractivity contribution is 6.74. The average Bonchev–Trinajstić information content (AvgIpc) is 3.09. The number of rotatable bonds is 3. The minimum absolute atomic E-state index is 0.0928. The third-order valence-corrected chi connectivity index (χ3v) is 15.6. The molecule has 1 heterocycles. The van der Waals surface area contributed by atoms with E-state index in [1.807, 2.05) is 12.4 Å². The maximum atomic E-state index is 7.08. The lowest BCUT2D eigenvalue weighted by molar-refractivity contribution is -0.0836. The number of fused-ring (bicyclic) bond motifs is 5. The molecule has 0 aliphatic heterocycles. The first-order valence-corrected chi connectivity index (χ1v) is 16.5. The highest BCUT2D eigenvalue weighted by Gasteiger charge is 2.56. The number of allylic oxidation sites excluding steroid dienone is 2. The Hall–Kier alpha value is -1.00. The Bertz CT molecular complexity index is 906. The van der Waals surface area contributed by atoms with Crippen molar-refractivity contribution in [2.75, 3.05) is 0 Å². The van der Waals surface area contributed by atoms with Gasteiger partial charge in [0.25, 0.3) is 0 Å². The number of nitrogens with zero attached hydrogens (tertiary/aromatic N) is 2. The summed E-state index contributed by atoms with van der Waals surface area (Å²) in [6.45, 7) is 17.0. The van der Waals surface area contributed by atoms with Crippen LogP contribution in [0, 0.1) is 35.0 Å². The number of aromatic nitrogens is 2. The molecule has 3 nitrogen and oxygen atoms in total. The Labute approximate surface area is 203 Å². The predicted molar refractivity (Wildman–Crippen MR) is 139 cm³/mol. The van der Waals surface area contributed by atoms with Crippen LogP contribution in [0.15, 0.2) is 24.8 Å². The molecule has 0 saturated heterocycles. The van der Waals surface area contributed by atoms with E-state index in [1.54, 1.807) is 6.33 Å². The fourth-order valence-electron chi connectivity index (χ4n) is 8.38. The quantitative estimate of drug-likeness (QED) is 0.425. The molecular weight excluding hydrogens is 420 g/mol. The van der Waals surface area contributed by atoms with Crippen molar-refractivity contribution in [3.63, 3.8) is 0 Å². The smallest absolute Gasteiger partial charge is 0.192 e. The van der Waals surface area contributed by atoms with Crippen LogP contribution >= 0.6 is 0 Å². The van der Waals surface area contributed by atoms with Crippen molar-refractivity contribution < 1.29 is 4.43 Å². The van der Waals surface area contributed by atoms with Crippen molar-refractivity contribution in [3.8, 4) is 0 Å². The van der Waals surface area contributed by atoms with E-state index in [0.717, 1.165) is 29.6 Å². The van der Waals surface area contributed by atoms with E-state index in [2.05, 4.69) is 63.8 Å². The summed E-state index contributed by atoms with van der Waals surface area (Å²) in [5.74, 6) is 4.43. The second-order valence-electron chi connectivity index (χ2n) is 13.9. The molecule has 5 rings (SSSR count). The largest absolute Gasteiger partial charge is 0.412 e. The van der Waals surface area contributed by atoms with E-state index in [4.69, 9.17) is 4.43 Å². The fraction of sp³-hybridized carbons (Fsp3) is 0.793. The minimum Gasteiger partial charge on any atom is -0.412 e. The summed E-state index contributed by atoms with van der Waals surface area (Å²) in [6, 6.07) is 0. The van der Waals surface area contributed by atoms with Crippen molar-refractivity contribution in [1.82, 2.24) is 9.97 Å². The van der Waals surface area contributed by atoms with Crippen LogP contribution in [0.5, 0.6) is 0 Å². The van der Waals surface area contributed by atoms with Crippen molar-refractivity contribution in [2.45, 2.75) is 110 Å². The van der Waals surface area contributed by atoms with E-state index >= 15 is 0 Å². The van der Waals surface area contributed by atoms with Gasteiger partial charge in [-0.15, -0.1) is 0 Å². The first kappa shape index (κ1) is 23.7. The van der Waals surface area contributed by atoms with Gasteiger partial charge in [-0.2, -0.15) is 0 Å². The molecule has 0 unspecified atom stereocenters. The highest BCUT2D eigenvalue weighted by Crippen LogP contribution is 2.65. The van der Waals surface area contributed by atoms with Crippen molar-refractivity contribution in [2.24, 2.45) is 35.0 Å². The zero-order valence-electron chi connectivity index (χ0n) is 22.2. The molecule has 0 radical (unpaired) electrons. The molecule has 0 aromatic carbocycles. The Morgan fingerprint density at radius 1 is 0.939 bits per heavy atom. The topological polar surface area (TPSA) is 35.0 Å². The molecular formula is C29H46N2OSi. The summed E-state index contributed by atoms with van der Waals surface area (Å²) in [5.41, 5.74) is 3.20. The standard InChI is InChI=1S/C29H46N2OSi/c1-27(2,3)33(6,7)32-28(4)14-12-22-20(16-28)8-9-24-23(22)13-15-29(5)25(10-11-26(24)29)21-17-30-19-31-18-21/h10,17-20,22-24,26H,8-9,11-16H2,1-7H3/t20-,22+,23-,24-,26+,28-,29-/m1/s1. The number of hydrogen-bond acceptors (Lipinski definition) is 3. The van der Waals surface area contributed by atoms with E-state index < -0.39 is 8.32 Å². The zero-order valence-corrected chi connectivity index (χ0v) is 23.2. The second kappa shape index (κ2) is 8.01. The Morgan fingerprint density at radius 2 is 1.64 bits per heavy atom. The van der Waals surface area contributed by atoms with Gasteiger partial charge in [0.1, 0.15) is 6.33 Å². The zero-order chi connectivity index (χ0) is 23.6. The van der Waals surface area contributed by atoms with Crippen LogP contribution in [0.2, 0.25) is 18.1 Å². The van der Waals surface area contributed by atoms with E-state index in [0.29, 0.717) is 5.41 Å². The van der Waals surface area contributed by atoms with Gasteiger partial charge in [-0.05, 0) is 117 Å². The molecule has 4 aliphatic rings. The second-order valence-corrected chi connectivity index (χ2v) is 18.7. The van der Waals surface area contributed by atoms with Gasteiger partial charge in [-0.25, -0.2) is 9.97 Å². The van der Waals surface area contributed by atoms with Crippen molar-refractivity contribution in [3.05, 3.63) is 30.4 Å². The monoisotopic (exact) mass is 466 g/mol. The normalized spacial score (nSPS) is 41.1. The molecule has 33 heavy (non-hydrogen) atoms. The lowest BCUT2D eigenvalue weighted by Crippen LogP contribution is -2.54. The van der Waals surface area contributed by atoms with Crippen LogP contribution in [-0.4, -0.2) is 23.9 Å². The molecule has 182 valence electrons. The highest BCUT2D eigenvalue weighted by atomic mass is 28.4. The summed E-state index contributed by atoms with van der Waals surface area (Å²) >= 11 is 0. The summed E-state index contributed by atoms with van der Waals surface area (Å²) in [6.07, 6.45) is 19.0. The molecule has 4 aliphatic carbocycles. The minimum atomic E-state index is -1.74. The van der Waals surface area contributed by atoms with Gasteiger partial charge in [0.2, 0.25) is 0 Å². The Balaban J connectivity index is 1.30. The van der Waals surface area contributed by atoms with Crippen LogP contribution in [0.1, 0.15) is 91.5 Å². The average molecular weight is 467 g/mol. The SMILES string of the molecule is CC(C)(C)[Si](C)(C)O[C@]1(C)CC[C@H]2[C@H](CC[C@@H]3[C@@H]2CC[C@]2(C)C(c4cncnc4)=CC[C@@H]32)C1. The van der Waals surface area contributed by atoms with Crippen LogP contribution in [0.25, 0.3) is 5.57 Å². The van der Waals surface area contributed by atoms with E-state index in [-0.39, 0.29) is 10.6 Å². The van der Waals surface area contributed by atoms with Gasteiger partial charge < -0.3 is 4.43 Å². The molecule has 0 spiro atoms. The first-order chi connectivity index (χ1) is 15.4. The van der Waals surface area contributed by atoms with Gasteiger partial charge in [-0.1, -0.05) is 33.8 Å². The third-order valence-electron chi connectivity index (χ3n) is 11.0. The van der Waals surface area contributed by atoms with Crippen LogP contribution in [0.4, 0.5) is 0 Å². The molecule has 1 aromatic heterocycles. The van der Waals surface area contributed by atoms with Crippen LogP contribution in [0.3, 0.4) is 0 Å². The van der Waals surface area contributed by atoms with Gasteiger partial charge in [0.05, 0.1) is 5.60 Å². The predicted octanol–water partition coefficient (Wildman–Crippen LogP) is 7.90.